The minimum absolute atomic E-state index is 0.0135. The van der Waals surface area contributed by atoms with E-state index in [1.807, 2.05) is 0 Å². The zero-order valence-corrected chi connectivity index (χ0v) is 7.63. The number of aromatic hydroxyl groups is 1. The molecule has 80 valence electrons. The molecule has 0 amide bonds. The molecule has 0 saturated carbocycles. The van der Waals surface area contributed by atoms with Crippen LogP contribution in [0, 0.1) is 11.3 Å². The van der Waals surface area contributed by atoms with Crippen LogP contribution in [0.3, 0.4) is 0 Å². The van der Waals surface area contributed by atoms with Crippen molar-refractivity contribution in [3.63, 3.8) is 0 Å². The largest absolute Gasteiger partial charge is 0.501 e. The number of hydrogen-bond donors (Lipinski definition) is 3. The lowest BCUT2D eigenvalue weighted by molar-refractivity contribution is 0.0686. The van der Waals surface area contributed by atoms with E-state index in [1.54, 1.807) is 6.07 Å². The number of hydrogen-bond acceptors (Lipinski definition) is 5. The quantitative estimate of drug-likeness (QED) is 0.582. The highest BCUT2D eigenvalue weighted by atomic mass is 16.4. The number of aromatic nitrogens is 3. The van der Waals surface area contributed by atoms with Gasteiger partial charge in [-0.15, -0.1) is 0 Å². The summed E-state index contributed by atoms with van der Waals surface area (Å²) < 4.78 is 0.792. The second-order valence-electron chi connectivity index (χ2n) is 2.88. The summed E-state index contributed by atoms with van der Waals surface area (Å²) in [6, 6.07) is 1.73. The van der Waals surface area contributed by atoms with E-state index < -0.39 is 23.0 Å². The van der Waals surface area contributed by atoms with Crippen molar-refractivity contribution in [3.8, 4) is 11.8 Å². The van der Waals surface area contributed by atoms with Crippen LogP contribution in [-0.2, 0) is 0 Å². The van der Waals surface area contributed by atoms with Gasteiger partial charge in [0.2, 0.25) is 5.75 Å². The van der Waals surface area contributed by atoms with Gasteiger partial charge < -0.3 is 10.2 Å². The standard InChI is InChI=1S/C8H4N4O4/c9-1-3-2-10-12-6(3)11-4(8(15)16)5(13)7(12)14/h2,10,13H,(H,15,16). The Labute approximate surface area is 87.0 Å². The predicted octanol–water partition coefficient (Wildman–Crippen LogP) is -0.702. The van der Waals surface area contributed by atoms with Crippen molar-refractivity contribution in [1.29, 1.82) is 5.26 Å². The van der Waals surface area contributed by atoms with Crippen molar-refractivity contribution >= 4 is 11.6 Å². The highest BCUT2D eigenvalue weighted by molar-refractivity contribution is 5.89. The highest BCUT2D eigenvalue weighted by Crippen LogP contribution is 2.12. The molecule has 0 aliphatic carbocycles. The van der Waals surface area contributed by atoms with Crippen molar-refractivity contribution in [2.45, 2.75) is 0 Å². The van der Waals surface area contributed by atoms with Gasteiger partial charge in [0.15, 0.2) is 11.3 Å². The molecule has 3 N–H and O–H groups in total. The Morgan fingerprint density at radius 2 is 2.31 bits per heavy atom. The molecule has 8 heteroatoms. The third-order valence-electron chi connectivity index (χ3n) is 1.96. The lowest BCUT2D eigenvalue weighted by Crippen LogP contribution is -2.19. The van der Waals surface area contributed by atoms with Gasteiger partial charge in [0.05, 0.1) is 0 Å². The van der Waals surface area contributed by atoms with E-state index in [4.69, 9.17) is 10.4 Å². The average molecular weight is 220 g/mol. The summed E-state index contributed by atoms with van der Waals surface area (Å²) in [5, 5.41) is 29.0. The van der Waals surface area contributed by atoms with Gasteiger partial charge in [-0.25, -0.2) is 9.78 Å². The maximum Gasteiger partial charge on any atom is 0.358 e. The molecule has 0 atom stereocenters. The average Bonchev–Trinajstić information content (AvgIpc) is 2.65. The van der Waals surface area contributed by atoms with E-state index in [2.05, 4.69) is 10.1 Å². The summed E-state index contributed by atoms with van der Waals surface area (Å²) in [6.45, 7) is 0. The second kappa shape index (κ2) is 3.09. The number of fused-ring (bicyclic) bond motifs is 1. The van der Waals surface area contributed by atoms with Crippen LogP contribution in [0.25, 0.3) is 5.65 Å². The van der Waals surface area contributed by atoms with Crippen molar-refractivity contribution in [2.75, 3.05) is 0 Å². The zero-order chi connectivity index (χ0) is 11.9. The molecule has 2 aromatic heterocycles. The number of aromatic carboxylic acids is 1. The number of nitriles is 1. The SMILES string of the molecule is N#Cc1c[nH]n2c(=O)c(O)c(C(=O)O)nc12. The molecule has 0 aliphatic heterocycles. The van der Waals surface area contributed by atoms with Gasteiger partial charge in [0.1, 0.15) is 11.6 Å². The molecule has 2 heterocycles. The van der Waals surface area contributed by atoms with Gasteiger partial charge in [0, 0.05) is 6.20 Å². The molecule has 0 saturated heterocycles. The molecule has 0 bridgehead atoms. The molecule has 0 unspecified atom stereocenters. The first kappa shape index (κ1) is 9.72. The molecule has 16 heavy (non-hydrogen) atoms. The number of nitrogens with one attached hydrogen (secondary N) is 1. The number of aromatic amines is 1. The number of nitrogens with zero attached hydrogens (tertiary/aromatic N) is 3. The third kappa shape index (κ3) is 1.12. The van der Waals surface area contributed by atoms with Crippen LogP contribution in [0.4, 0.5) is 0 Å². The van der Waals surface area contributed by atoms with E-state index >= 15 is 0 Å². The Kier molecular flexibility index (Phi) is 1.88. The van der Waals surface area contributed by atoms with Gasteiger partial charge in [-0.05, 0) is 0 Å². The number of carbonyl (C=O) groups is 1. The zero-order valence-electron chi connectivity index (χ0n) is 7.63. The van der Waals surface area contributed by atoms with Crippen LogP contribution in [0.2, 0.25) is 0 Å². The lowest BCUT2D eigenvalue weighted by Gasteiger charge is -1.98. The fraction of sp³-hybridized carbons (Fsp3) is 0. The maximum atomic E-state index is 11.5. The molecular weight excluding hydrogens is 216 g/mol. The number of carboxylic acid groups (broad SMARTS) is 1. The van der Waals surface area contributed by atoms with Crippen LogP contribution >= 0.6 is 0 Å². The molecular formula is C8H4N4O4. The first-order valence-electron chi connectivity index (χ1n) is 4.02. The first-order chi connectivity index (χ1) is 7.56. The first-order valence-corrected chi connectivity index (χ1v) is 4.02. The van der Waals surface area contributed by atoms with Crippen LogP contribution in [0.15, 0.2) is 11.0 Å². The topological polar surface area (TPSA) is 131 Å². The third-order valence-corrected chi connectivity index (χ3v) is 1.96. The molecule has 0 fully saturated rings. The summed E-state index contributed by atoms with van der Waals surface area (Å²) in [5.41, 5.74) is -1.87. The van der Waals surface area contributed by atoms with Crippen molar-refractivity contribution in [1.82, 2.24) is 14.6 Å². The van der Waals surface area contributed by atoms with E-state index in [0.717, 1.165) is 4.52 Å². The van der Waals surface area contributed by atoms with Crippen LogP contribution < -0.4 is 5.56 Å². The Hall–Kier alpha value is -2.82. The highest BCUT2D eigenvalue weighted by Gasteiger charge is 2.19. The molecule has 8 nitrogen and oxygen atoms in total. The van der Waals surface area contributed by atoms with Gasteiger partial charge in [-0.3, -0.25) is 9.89 Å². The Balaban J connectivity index is 2.99. The van der Waals surface area contributed by atoms with Gasteiger partial charge in [-0.2, -0.15) is 9.78 Å². The fourth-order valence-electron chi connectivity index (χ4n) is 1.24. The van der Waals surface area contributed by atoms with Crippen LogP contribution in [0.5, 0.6) is 5.75 Å². The van der Waals surface area contributed by atoms with Gasteiger partial charge >= 0.3 is 11.5 Å². The smallest absolute Gasteiger partial charge is 0.358 e. The minimum Gasteiger partial charge on any atom is -0.501 e. The Morgan fingerprint density at radius 3 is 2.88 bits per heavy atom. The van der Waals surface area contributed by atoms with Crippen molar-refractivity contribution in [2.24, 2.45) is 0 Å². The lowest BCUT2D eigenvalue weighted by atomic mass is 10.3. The number of carboxylic acids is 1. The Bertz CT molecular complexity index is 690. The summed E-state index contributed by atoms with van der Waals surface area (Å²) >= 11 is 0. The van der Waals surface area contributed by atoms with Gasteiger partial charge in [-0.1, -0.05) is 0 Å². The van der Waals surface area contributed by atoms with E-state index in [-0.39, 0.29) is 11.2 Å². The molecule has 0 aliphatic rings. The summed E-state index contributed by atoms with van der Waals surface area (Å²) in [4.78, 5) is 25.7. The van der Waals surface area contributed by atoms with Gasteiger partial charge in [0.25, 0.3) is 0 Å². The van der Waals surface area contributed by atoms with Crippen LogP contribution in [0.1, 0.15) is 16.1 Å². The van der Waals surface area contributed by atoms with Crippen molar-refractivity contribution in [3.05, 3.63) is 27.8 Å². The molecule has 0 spiro atoms. The number of rotatable bonds is 1. The summed E-state index contributed by atoms with van der Waals surface area (Å²) in [7, 11) is 0. The molecule has 2 aromatic rings. The van der Waals surface area contributed by atoms with Crippen LogP contribution in [-0.4, -0.2) is 30.8 Å². The number of H-pyrrole nitrogens is 1. The summed E-state index contributed by atoms with van der Waals surface area (Å²) in [6.07, 6.45) is 1.19. The maximum absolute atomic E-state index is 11.5. The predicted molar refractivity (Wildman–Crippen MR) is 49.2 cm³/mol. The Morgan fingerprint density at radius 1 is 1.62 bits per heavy atom. The normalized spacial score (nSPS) is 10.2. The van der Waals surface area contributed by atoms with E-state index in [9.17, 15) is 14.7 Å². The minimum atomic E-state index is -1.54. The molecule has 2 rings (SSSR count). The second-order valence-corrected chi connectivity index (χ2v) is 2.88. The summed E-state index contributed by atoms with van der Waals surface area (Å²) in [5.74, 6) is -2.52. The fourth-order valence-corrected chi connectivity index (χ4v) is 1.24. The van der Waals surface area contributed by atoms with E-state index in [1.165, 1.54) is 6.20 Å². The molecule has 0 radical (unpaired) electrons. The monoisotopic (exact) mass is 220 g/mol. The van der Waals surface area contributed by atoms with E-state index in [0.29, 0.717) is 0 Å². The van der Waals surface area contributed by atoms with Crippen molar-refractivity contribution < 1.29 is 15.0 Å². The molecule has 0 aromatic carbocycles.